The van der Waals surface area contributed by atoms with E-state index in [1.807, 2.05) is 24.3 Å². The number of carbonyl (C=O) groups is 1. The van der Waals surface area contributed by atoms with Crippen molar-refractivity contribution in [3.8, 4) is 0 Å². The lowest BCUT2D eigenvalue weighted by molar-refractivity contribution is -0.117. The fraction of sp³-hybridized carbons (Fsp3) is 0.222. The first-order valence-corrected chi connectivity index (χ1v) is 3.87. The van der Waals surface area contributed by atoms with Gasteiger partial charge in [0.05, 0.1) is 0 Å². The molecule has 1 heterocycles. The van der Waals surface area contributed by atoms with Crippen LogP contribution >= 0.6 is 0 Å². The average Bonchev–Trinajstić information content (AvgIpc) is 2.07. The molecule has 0 saturated carbocycles. The van der Waals surface area contributed by atoms with Gasteiger partial charge in [-0.25, -0.2) is 5.73 Å². The normalized spacial score (nSPS) is 21.4. The second-order valence-electron chi connectivity index (χ2n) is 2.90. The third-order valence-electron chi connectivity index (χ3n) is 2.02. The van der Waals surface area contributed by atoms with Crippen LogP contribution in [-0.4, -0.2) is 11.9 Å². The van der Waals surface area contributed by atoms with Gasteiger partial charge in [-0.3, -0.25) is 4.79 Å². The molecule has 1 unspecified atom stereocenters. The van der Waals surface area contributed by atoms with Gasteiger partial charge >= 0.3 is 0 Å². The molecule has 1 atom stereocenters. The SMILES string of the molecule is [NH]C1Cc2ccccc2NC1=O. The van der Waals surface area contributed by atoms with E-state index in [0.29, 0.717) is 6.42 Å². The Labute approximate surface area is 70.6 Å². The Hall–Kier alpha value is -1.35. The maximum atomic E-state index is 11.1. The van der Waals surface area contributed by atoms with Crippen LogP contribution in [0.2, 0.25) is 0 Å². The zero-order valence-electron chi connectivity index (χ0n) is 6.50. The largest absolute Gasteiger partial charge is 0.324 e. The first kappa shape index (κ1) is 7.31. The summed E-state index contributed by atoms with van der Waals surface area (Å²) in [7, 11) is 0. The number of benzene rings is 1. The number of para-hydroxylation sites is 1. The minimum absolute atomic E-state index is 0.200. The number of rotatable bonds is 0. The van der Waals surface area contributed by atoms with Gasteiger partial charge in [0.1, 0.15) is 6.04 Å². The summed E-state index contributed by atoms with van der Waals surface area (Å²) < 4.78 is 0. The van der Waals surface area contributed by atoms with Crippen LogP contribution in [0.25, 0.3) is 0 Å². The van der Waals surface area contributed by atoms with E-state index in [9.17, 15) is 4.79 Å². The fourth-order valence-corrected chi connectivity index (χ4v) is 1.35. The molecule has 3 nitrogen and oxygen atoms in total. The smallest absolute Gasteiger partial charge is 0.243 e. The van der Waals surface area contributed by atoms with Gasteiger partial charge in [0, 0.05) is 12.1 Å². The molecule has 0 aliphatic carbocycles. The molecular formula is C9H9N2O. The number of fused-ring (bicyclic) bond motifs is 1. The molecule has 0 spiro atoms. The standard InChI is InChI=1S/C9H9N2O/c10-7-5-6-3-1-2-4-8(6)11-9(7)12/h1-4,7,10H,5H2,(H,11,12). The molecule has 1 amide bonds. The molecule has 0 saturated heterocycles. The van der Waals surface area contributed by atoms with E-state index in [0.717, 1.165) is 11.3 Å². The van der Waals surface area contributed by atoms with Crippen LogP contribution in [-0.2, 0) is 11.2 Å². The molecule has 61 valence electrons. The van der Waals surface area contributed by atoms with Gasteiger partial charge in [0.2, 0.25) is 5.91 Å². The highest BCUT2D eigenvalue weighted by Crippen LogP contribution is 2.21. The van der Waals surface area contributed by atoms with Crippen molar-refractivity contribution < 1.29 is 4.79 Å². The van der Waals surface area contributed by atoms with Crippen LogP contribution in [0.4, 0.5) is 5.69 Å². The van der Waals surface area contributed by atoms with E-state index < -0.39 is 6.04 Å². The predicted molar refractivity (Wildman–Crippen MR) is 45.7 cm³/mol. The van der Waals surface area contributed by atoms with Gasteiger partial charge < -0.3 is 5.32 Å². The molecule has 3 heteroatoms. The number of carbonyl (C=O) groups excluding carboxylic acids is 1. The first-order valence-electron chi connectivity index (χ1n) is 3.87. The maximum absolute atomic E-state index is 11.1. The van der Waals surface area contributed by atoms with Crippen molar-refractivity contribution in [3.63, 3.8) is 0 Å². The summed E-state index contributed by atoms with van der Waals surface area (Å²) in [5.74, 6) is -0.200. The molecule has 1 aromatic carbocycles. The molecule has 12 heavy (non-hydrogen) atoms. The molecule has 2 N–H and O–H groups in total. The van der Waals surface area contributed by atoms with Gasteiger partial charge in [0.15, 0.2) is 0 Å². The minimum atomic E-state index is -0.639. The van der Waals surface area contributed by atoms with Gasteiger partial charge in [-0.2, -0.15) is 0 Å². The van der Waals surface area contributed by atoms with E-state index in [2.05, 4.69) is 5.32 Å². The van der Waals surface area contributed by atoms with Crippen molar-refractivity contribution in [3.05, 3.63) is 29.8 Å². The first-order chi connectivity index (χ1) is 5.77. The Balaban J connectivity index is 2.40. The second kappa shape index (κ2) is 2.60. The highest BCUT2D eigenvalue weighted by molar-refractivity contribution is 5.97. The summed E-state index contributed by atoms with van der Waals surface area (Å²) >= 11 is 0. The molecule has 2 rings (SSSR count). The van der Waals surface area contributed by atoms with Crippen molar-refractivity contribution in [1.82, 2.24) is 5.73 Å². The summed E-state index contributed by atoms with van der Waals surface area (Å²) in [5, 5.41) is 2.68. The van der Waals surface area contributed by atoms with Crippen molar-refractivity contribution in [2.75, 3.05) is 5.32 Å². The minimum Gasteiger partial charge on any atom is -0.324 e. The molecule has 1 aliphatic heterocycles. The third-order valence-corrected chi connectivity index (χ3v) is 2.02. The van der Waals surface area contributed by atoms with Gasteiger partial charge in [0.25, 0.3) is 0 Å². The molecule has 0 aromatic heterocycles. The van der Waals surface area contributed by atoms with E-state index in [1.165, 1.54) is 0 Å². The summed E-state index contributed by atoms with van der Waals surface area (Å²) in [6, 6.07) is 6.96. The Kier molecular flexibility index (Phi) is 1.59. The maximum Gasteiger partial charge on any atom is 0.243 e. The van der Waals surface area contributed by atoms with E-state index >= 15 is 0 Å². The lowest BCUT2D eigenvalue weighted by Crippen LogP contribution is -2.35. The molecule has 1 aromatic rings. The Morgan fingerprint density at radius 2 is 2.17 bits per heavy atom. The third kappa shape index (κ3) is 1.08. The molecule has 0 bridgehead atoms. The number of hydrogen-bond donors (Lipinski definition) is 1. The topological polar surface area (TPSA) is 52.9 Å². The van der Waals surface area contributed by atoms with Crippen LogP contribution in [0.3, 0.4) is 0 Å². The van der Waals surface area contributed by atoms with Crippen LogP contribution in [0.1, 0.15) is 5.56 Å². The van der Waals surface area contributed by atoms with Crippen LogP contribution in [0.15, 0.2) is 24.3 Å². The Morgan fingerprint density at radius 3 is 3.00 bits per heavy atom. The zero-order valence-corrected chi connectivity index (χ0v) is 6.50. The van der Waals surface area contributed by atoms with Gasteiger partial charge in [-0.05, 0) is 11.6 Å². The fourth-order valence-electron chi connectivity index (χ4n) is 1.35. The van der Waals surface area contributed by atoms with Crippen molar-refractivity contribution in [2.45, 2.75) is 12.5 Å². The lowest BCUT2D eigenvalue weighted by Gasteiger charge is -2.20. The van der Waals surface area contributed by atoms with Crippen molar-refractivity contribution >= 4 is 11.6 Å². The number of hydrogen-bond acceptors (Lipinski definition) is 1. The van der Waals surface area contributed by atoms with Crippen LogP contribution in [0.5, 0.6) is 0 Å². The predicted octanol–water partition coefficient (Wildman–Crippen LogP) is 0.833. The van der Waals surface area contributed by atoms with Crippen molar-refractivity contribution in [1.29, 1.82) is 0 Å². The summed E-state index contributed by atoms with van der Waals surface area (Å²) in [5.41, 5.74) is 9.30. The number of anilines is 1. The van der Waals surface area contributed by atoms with E-state index in [-0.39, 0.29) is 5.91 Å². The number of amides is 1. The highest BCUT2D eigenvalue weighted by Gasteiger charge is 2.22. The Bertz CT molecular complexity index is 322. The lowest BCUT2D eigenvalue weighted by atomic mass is 10.00. The summed E-state index contributed by atoms with van der Waals surface area (Å²) in [6.07, 6.45) is 0.530. The molecular weight excluding hydrogens is 152 g/mol. The van der Waals surface area contributed by atoms with E-state index in [1.54, 1.807) is 0 Å². The van der Waals surface area contributed by atoms with Crippen LogP contribution in [0, 0.1) is 0 Å². The summed E-state index contributed by atoms with van der Waals surface area (Å²) in [4.78, 5) is 11.1. The van der Waals surface area contributed by atoms with E-state index in [4.69, 9.17) is 5.73 Å². The van der Waals surface area contributed by atoms with Gasteiger partial charge in [-0.15, -0.1) is 0 Å². The molecule has 0 fully saturated rings. The second-order valence-corrected chi connectivity index (χ2v) is 2.90. The zero-order chi connectivity index (χ0) is 8.55. The number of nitrogens with one attached hydrogen (secondary N) is 2. The van der Waals surface area contributed by atoms with Crippen molar-refractivity contribution in [2.24, 2.45) is 0 Å². The monoisotopic (exact) mass is 161 g/mol. The molecule has 1 radical (unpaired) electrons. The van der Waals surface area contributed by atoms with Crippen LogP contribution < -0.4 is 11.1 Å². The van der Waals surface area contributed by atoms with Gasteiger partial charge in [-0.1, -0.05) is 18.2 Å². The summed E-state index contributed by atoms with van der Waals surface area (Å²) in [6.45, 7) is 0. The highest BCUT2D eigenvalue weighted by atomic mass is 16.2. The Morgan fingerprint density at radius 1 is 1.42 bits per heavy atom. The average molecular weight is 161 g/mol. The quantitative estimate of drug-likeness (QED) is 0.602. The molecule has 1 aliphatic rings.